The van der Waals surface area contributed by atoms with Crippen LogP contribution in [0.15, 0.2) is 103 Å². The first-order valence-corrected chi connectivity index (χ1v) is 16.0. The van der Waals surface area contributed by atoms with Crippen LogP contribution in [0.2, 0.25) is 0 Å². The van der Waals surface area contributed by atoms with Gasteiger partial charge in [-0.3, -0.25) is 4.57 Å². The number of anilines is 1. The predicted octanol–water partition coefficient (Wildman–Crippen LogP) is 7.68. The van der Waals surface area contributed by atoms with E-state index in [1.165, 1.54) is 18.4 Å². The zero-order valence-corrected chi connectivity index (χ0v) is 25.6. The van der Waals surface area contributed by atoms with Gasteiger partial charge in [0.1, 0.15) is 11.5 Å². The van der Waals surface area contributed by atoms with Gasteiger partial charge in [0.15, 0.2) is 5.65 Å². The smallest absolute Gasteiger partial charge is 0.350 e. The third kappa shape index (κ3) is 6.01. The highest BCUT2D eigenvalue weighted by atomic mass is 32.1. The lowest BCUT2D eigenvalue weighted by atomic mass is 10.1. The number of rotatable bonds is 9. The van der Waals surface area contributed by atoms with Crippen molar-refractivity contribution in [2.45, 2.75) is 20.5 Å². The Morgan fingerprint density at radius 2 is 1.72 bits per heavy atom. The summed E-state index contributed by atoms with van der Waals surface area (Å²) in [5.74, 6) is -0.514. The SMILES string of the molecule is COP(=O)(Nc1cc(-c2ccc(-c3cc4ncccn4n3)cc2)sc1C(=O)OCc1ccccc1)c1ccc(C)cc1C. The van der Waals surface area contributed by atoms with Gasteiger partial charge in [-0.25, -0.2) is 14.3 Å². The maximum atomic E-state index is 14.2. The average molecular weight is 609 g/mol. The fourth-order valence-corrected chi connectivity index (χ4v) is 7.62. The molecular formula is C33H29N4O4PS. The monoisotopic (exact) mass is 608 g/mol. The van der Waals surface area contributed by atoms with Gasteiger partial charge in [-0.2, -0.15) is 5.10 Å². The van der Waals surface area contributed by atoms with Gasteiger partial charge in [-0.15, -0.1) is 11.3 Å². The highest BCUT2D eigenvalue weighted by Crippen LogP contribution is 2.49. The summed E-state index contributed by atoms with van der Waals surface area (Å²) in [5.41, 5.74) is 6.54. The van der Waals surface area contributed by atoms with Crippen LogP contribution < -0.4 is 10.4 Å². The molecule has 8 nitrogen and oxygen atoms in total. The summed E-state index contributed by atoms with van der Waals surface area (Å²) in [7, 11) is -2.18. The Morgan fingerprint density at radius 1 is 0.953 bits per heavy atom. The van der Waals surface area contributed by atoms with E-state index in [9.17, 15) is 9.36 Å². The summed E-state index contributed by atoms with van der Waals surface area (Å²) in [6, 6.07) is 28.6. The first kappa shape index (κ1) is 28.6. The van der Waals surface area contributed by atoms with Gasteiger partial charge in [-0.05, 0) is 48.7 Å². The Hall–Kier alpha value is -4.56. The third-order valence-electron chi connectivity index (χ3n) is 7.03. The normalized spacial score (nSPS) is 12.6. The predicted molar refractivity (Wildman–Crippen MR) is 171 cm³/mol. The molecular weight excluding hydrogens is 579 g/mol. The van der Waals surface area contributed by atoms with E-state index in [2.05, 4.69) is 15.2 Å². The van der Waals surface area contributed by atoms with Gasteiger partial charge >= 0.3 is 13.5 Å². The van der Waals surface area contributed by atoms with Gasteiger partial charge < -0.3 is 14.3 Å². The van der Waals surface area contributed by atoms with Crippen molar-refractivity contribution < 1.29 is 18.6 Å². The number of aromatic nitrogens is 3. The molecule has 43 heavy (non-hydrogen) atoms. The van der Waals surface area contributed by atoms with Crippen LogP contribution in [0.4, 0.5) is 5.69 Å². The molecule has 3 aromatic heterocycles. The number of ether oxygens (including phenoxy) is 1. The number of aryl methyl sites for hydroxylation is 2. The lowest BCUT2D eigenvalue weighted by Gasteiger charge is -2.21. The van der Waals surface area contributed by atoms with E-state index < -0.39 is 13.5 Å². The highest BCUT2D eigenvalue weighted by Gasteiger charge is 2.30. The average Bonchev–Trinajstić information content (AvgIpc) is 3.65. The van der Waals surface area contributed by atoms with Crippen molar-refractivity contribution in [2.75, 3.05) is 12.2 Å². The summed E-state index contributed by atoms with van der Waals surface area (Å²) >= 11 is 1.27. The van der Waals surface area contributed by atoms with Crippen molar-refractivity contribution >= 4 is 41.5 Å². The minimum atomic E-state index is -3.58. The van der Waals surface area contributed by atoms with Crippen LogP contribution in [-0.4, -0.2) is 27.7 Å². The number of carbonyl (C=O) groups excluding carboxylic acids is 1. The molecule has 0 aliphatic carbocycles. The molecule has 6 rings (SSSR count). The Morgan fingerprint density at radius 3 is 2.44 bits per heavy atom. The molecule has 0 aliphatic rings. The Balaban J connectivity index is 1.34. The Kier molecular flexibility index (Phi) is 7.95. The lowest BCUT2D eigenvalue weighted by molar-refractivity contribution is 0.0479. The molecule has 0 bridgehead atoms. The fraction of sp³-hybridized carbons (Fsp3) is 0.121. The quantitative estimate of drug-likeness (QED) is 0.133. The first-order valence-electron chi connectivity index (χ1n) is 13.6. The number of thiophene rings is 1. The van der Waals surface area contributed by atoms with Crippen molar-refractivity contribution in [2.24, 2.45) is 0 Å². The molecule has 216 valence electrons. The van der Waals surface area contributed by atoms with Crippen LogP contribution in [-0.2, 0) is 20.4 Å². The van der Waals surface area contributed by atoms with Crippen LogP contribution in [0.1, 0.15) is 26.4 Å². The highest BCUT2D eigenvalue weighted by molar-refractivity contribution is 7.68. The summed E-state index contributed by atoms with van der Waals surface area (Å²) in [4.78, 5) is 18.9. The van der Waals surface area contributed by atoms with Crippen molar-refractivity contribution in [3.63, 3.8) is 0 Å². The molecule has 6 aromatic rings. The van der Waals surface area contributed by atoms with E-state index in [4.69, 9.17) is 9.26 Å². The van der Waals surface area contributed by atoms with Crippen LogP contribution in [0, 0.1) is 13.8 Å². The topological polar surface area (TPSA) is 94.8 Å². The van der Waals surface area contributed by atoms with Crippen LogP contribution in [0.5, 0.6) is 0 Å². The van der Waals surface area contributed by atoms with Gasteiger partial charge in [0.25, 0.3) is 0 Å². The maximum absolute atomic E-state index is 14.2. The van der Waals surface area contributed by atoms with Gasteiger partial charge in [0, 0.05) is 36.0 Å². The molecule has 1 atom stereocenters. The number of nitrogens with zero attached hydrogens (tertiary/aromatic N) is 3. The Labute approximate surface area is 253 Å². The number of hydrogen-bond acceptors (Lipinski definition) is 7. The molecule has 0 saturated heterocycles. The van der Waals surface area contributed by atoms with Crippen molar-refractivity contribution in [3.8, 4) is 21.7 Å². The zero-order chi connectivity index (χ0) is 30.0. The number of hydrogen-bond donors (Lipinski definition) is 1. The first-order chi connectivity index (χ1) is 20.8. The number of benzene rings is 3. The fourth-order valence-electron chi connectivity index (χ4n) is 4.83. The van der Waals surface area contributed by atoms with Gasteiger partial charge in [0.05, 0.1) is 16.7 Å². The maximum Gasteiger partial charge on any atom is 0.350 e. The van der Waals surface area contributed by atoms with Crippen molar-refractivity contribution in [3.05, 3.63) is 125 Å². The molecule has 3 heterocycles. The van der Waals surface area contributed by atoms with E-state index >= 15 is 0 Å². The second kappa shape index (κ2) is 12.0. The standard InChI is InChI=1S/C33H29N4O4PS/c1-22-10-15-29(23(2)18-22)42(39,40-3)36-28-19-30(43-32(28)33(38)41-21-24-8-5-4-6-9-24)26-13-11-25(12-14-26)27-20-31-34-16-7-17-37(31)35-27/h4-20H,21H2,1-3H3,(H,36,39). The van der Waals surface area contributed by atoms with E-state index in [1.807, 2.05) is 105 Å². The number of carbonyl (C=O) groups is 1. The van der Waals surface area contributed by atoms with E-state index in [0.29, 0.717) is 15.9 Å². The molecule has 1 N–H and O–H groups in total. The van der Waals surface area contributed by atoms with E-state index in [1.54, 1.807) is 16.8 Å². The summed E-state index contributed by atoms with van der Waals surface area (Å²) in [6.07, 6.45) is 3.59. The van der Waals surface area contributed by atoms with E-state index in [0.717, 1.165) is 44.0 Å². The molecule has 1 unspecified atom stereocenters. The largest absolute Gasteiger partial charge is 0.457 e. The van der Waals surface area contributed by atoms with Gasteiger partial charge in [0.2, 0.25) is 0 Å². The van der Waals surface area contributed by atoms with Crippen molar-refractivity contribution in [1.29, 1.82) is 0 Å². The third-order valence-corrected chi connectivity index (χ3v) is 10.4. The second-order valence-electron chi connectivity index (χ2n) is 10.1. The molecule has 10 heteroatoms. The molecule has 0 radical (unpaired) electrons. The zero-order valence-electron chi connectivity index (χ0n) is 23.9. The molecule has 0 spiro atoms. The van der Waals surface area contributed by atoms with Crippen molar-refractivity contribution in [1.82, 2.24) is 14.6 Å². The molecule has 0 amide bonds. The van der Waals surface area contributed by atoms with E-state index in [-0.39, 0.29) is 6.61 Å². The van der Waals surface area contributed by atoms with Gasteiger partial charge in [-0.1, -0.05) is 72.3 Å². The lowest BCUT2D eigenvalue weighted by Crippen LogP contribution is -2.17. The Bertz CT molecular complexity index is 1940. The minimum Gasteiger partial charge on any atom is -0.457 e. The summed E-state index contributed by atoms with van der Waals surface area (Å²) in [5, 5.41) is 8.24. The van der Waals surface area contributed by atoms with Crippen LogP contribution in [0.25, 0.3) is 27.3 Å². The van der Waals surface area contributed by atoms with Crippen LogP contribution in [0.3, 0.4) is 0 Å². The summed E-state index contributed by atoms with van der Waals surface area (Å²) < 4.78 is 27.2. The van der Waals surface area contributed by atoms with Crippen LogP contribution >= 0.6 is 18.9 Å². The number of nitrogens with one attached hydrogen (secondary N) is 1. The molecule has 0 saturated carbocycles. The number of esters is 1. The molecule has 0 fully saturated rings. The second-order valence-corrected chi connectivity index (χ2v) is 13.3. The minimum absolute atomic E-state index is 0.119. The molecule has 3 aromatic carbocycles. The number of fused-ring (bicyclic) bond motifs is 1. The molecule has 0 aliphatic heterocycles. The summed E-state index contributed by atoms with van der Waals surface area (Å²) in [6.45, 7) is 3.99.